The second-order valence-corrected chi connectivity index (χ2v) is 9.21. The van der Waals surface area contributed by atoms with Crippen molar-refractivity contribution in [2.24, 2.45) is 16.1 Å². The SMILES string of the molecule is COCN1C=C2N=C(C)C=C(SCC3(C(=O)O)CS[C@@H]4C(N)C(=O)N4C3)N2N1. The first kappa shape index (κ1) is 19.6. The quantitative estimate of drug-likeness (QED) is 0.492. The number of thioether (sulfide) groups is 2. The van der Waals surface area contributed by atoms with Crippen LogP contribution in [0.2, 0.25) is 0 Å². The number of fused-ring (bicyclic) bond motifs is 2. The summed E-state index contributed by atoms with van der Waals surface area (Å²) in [6, 6.07) is -0.516. The number of hydrogen-bond donors (Lipinski definition) is 3. The molecule has 0 aromatic rings. The van der Waals surface area contributed by atoms with E-state index < -0.39 is 17.4 Å². The number of carboxylic acids is 1. The van der Waals surface area contributed by atoms with Crippen molar-refractivity contribution in [1.29, 1.82) is 0 Å². The van der Waals surface area contributed by atoms with E-state index in [-0.39, 0.29) is 17.8 Å². The van der Waals surface area contributed by atoms with Crippen LogP contribution in [0.15, 0.2) is 28.1 Å². The molecule has 4 heterocycles. The van der Waals surface area contributed by atoms with Gasteiger partial charge in [0.05, 0.1) is 11.2 Å². The third-order valence-electron chi connectivity index (χ3n) is 4.98. The molecule has 28 heavy (non-hydrogen) atoms. The molecule has 2 unspecified atom stereocenters. The minimum atomic E-state index is -1.03. The van der Waals surface area contributed by atoms with E-state index in [1.54, 1.807) is 22.0 Å². The van der Waals surface area contributed by atoms with Crippen molar-refractivity contribution in [2.75, 3.05) is 31.9 Å². The largest absolute Gasteiger partial charge is 0.481 e. The number of methoxy groups -OCH3 is 1. The molecule has 4 N–H and O–H groups in total. The van der Waals surface area contributed by atoms with E-state index in [9.17, 15) is 14.7 Å². The van der Waals surface area contributed by atoms with Crippen LogP contribution in [-0.4, -0.2) is 80.9 Å². The second kappa shape index (κ2) is 7.26. The first-order valence-electron chi connectivity index (χ1n) is 8.69. The topological polar surface area (TPSA) is 124 Å². The van der Waals surface area contributed by atoms with Crippen molar-refractivity contribution in [1.82, 2.24) is 20.5 Å². The minimum absolute atomic E-state index is 0.106. The molecule has 4 aliphatic heterocycles. The van der Waals surface area contributed by atoms with E-state index in [0.717, 1.165) is 10.7 Å². The zero-order valence-corrected chi connectivity index (χ0v) is 17.1. The molecular formula is C16H22N6O4S2. The molecule has 0 spiro atoms. The number of amides is 1. The molecule has 1 amide bonds. The number of carbonyl (C=O) groups is 2. The summed E-state index contributed by atoms with van der Waals surface area (Å²) in [6.07, 6.45) is 3.74. The fourth-order valence-electron chi connectivity index (χ4n) is 3.43. The Bertz CT molecular complexity index is 802. The number of carboxylic acid groups (broad SMARTS) is 1. The van der Waals surface area contributed by atoms with Crippen LogP contribution in [-0.2, 0) is 14.3 Å². The molecule has 3 atom stereocenters. The summed E-state index contributed by atoms with van der Waals surface area (Å²) in [6.45, 7) is 2.43. The summed E-state index contributed by atoms with van der Waals surface area (Å²) >= 11 is 2.88. The number of carbonyl (C=O) groups excluding carboxylic acids is 1. The summed E-state index contributed by atoms with van der Waals surface area (Å²) in [5.41, 5.74) is 8.78. The fraction of sp³-hybridized carbons (Fsp3) is 0.562. The number of nitrogens with zero attached hydrogens (tertiary/aromatic N) is 4. The van der Waals surface area contributed by atoms with Gasteiger partial charge in [-0.05, 0) is 13.0 Å². The van der Waals surface area contributed by atoms with E-state index in [1.807, 2.05) is 19.2 Å². The van der Waals surface area contributed by atoms with Crippen LogP contribution in [0, 0.1) is 5.41 Å². The predicted octanol–water partition coefficient (Wildman–Crippen LogP) is -0.211. The van der Waals surface area contributed by atoms with E-state index in [4.69, 9.17) is 10.5 Å². The van der Waals surface area contributed by atoms with Gasteiger partial charge in [0.25, 0.3) is 0 Å². The maximum absolute atomic E-state index is 12.1. The number of nitrogens with two attached hydrogens (primary N) is 1. The third-order valence-corrected chi connectivity index (χ3v) is 7.88. The second-order valence-electron chi connectivity index (χ2n) is 7.11. The van der Waals surface area contributed by atoms with Gasteiger partial charge < -0.3 is 20.5 Å². The van der Waals surface area contributed by atoms with Crippen LogP contribution in [0.4, 0.5) is 0 Å². The number of aliphatic carboxylic acids is 1. The molecule has 0 aromatic heterocycles. The first-order valence-corrected chi connectivity index (χ1v) is 10.7. The maximum atomic E-state index is 12.1. The van der Waals surface area contributed by atoms with Crippen LogP contribution >= 0.6 is 23.5 Å². The first-order chi connectivity index (χ1) is 13.3. The lowest BCUT2D eigenvalue weighted by molar-refractivity contribution is -0.155. The van der Waals surface area contributed by atoms with E-state index >= 15 is 0 Å². The van der Waals surface area contributed by atoms with Gasteiger partial charge in [0.2, 0.25) is 5.91 Å². The smallest absolute Gasteiger partial charge is 0.313 e. The normalized spacial score (nSPS) is 31.6. The Morgan fingerprint density at radius 2 is 2.39 bits per heavy atom. The van der Waals surface area contributed by atoms with Crippen molar-refractivity contribution in [2.45, 2.75) is 18.3 Å². The van der Waals surface area contributed by atoms with E-state index in [2.05, 4.69) is 10.5 Å². The van der Waals surface area contributed by atoms with Gasteiger partial charge in [0, 0.05) is 30.9 Å². The Hall–Kier alpha value is -1.73. The van der Waals surface area contributed by atoms with Gasteiger partial charge in [-0.25, -0.2) is 10.0 Å². The molecule has 152 valence electrons. The van der Waals surface area contributed by atoms with Gasteiger partial charge in [0.1, 0.15) is 23.6 Å². The Labute approximate surface area is 170 Å². The average molecular weight is 427 g/mol. The number of nitrogens with one attached hydrogen (secondary N) is 1. The zero-order chi connectivity index (χ0) is 20.1. The van der Waals surface area contributed by atoms with Gasteiger partial charge in [-0.2, -0.15) is 0 Å². The summed E-state index contributed by atoms with van der Waals surface area (Å²) in [4.78, 5) is 30.2. The monoisotopic (exact) mass is 426 g/mol. The standard InChI is InChI=1S/C16H22N6O4S2/c1-9-3-11(22-10(18-9)4-20(19-22)8-26-2)27-6-16(15(24)25)5-21-13(23)12(17)14(21)28-7-16/h3-4,12,14,19H,5-8,17H2,1-2H3,(H,24,25)/t12?,14-,16?/m1/s1. The van der Waals surface area contributed by atoms with Gasteiger partial charge in [-0.15, -0.1) is 29.1 Å². The average Bonchev–Trinajstić information content (AvgIpc) is 3.07. The Morgan fingerprint density at radius 3 is 3.11 bits per heavy atom. The highest BCUT2D eigenvalue weighted by Crippen LogP contribution is 2.44. The van der Waals surface area contributed by atoms with Gasteiger partial charge in [0.15, 0.2) is 5.82 Å². The lowest BCUT2D eigenvalue weighted by Gasteiger charge is -2.52. The van der Waals surface area contributed by atoms with Crippen LogP contribution in [0.5, 0.6) is 0 Å². The van der Waals surface area contributed by atoms with Crippen molar-refractivity contribution < 1.29 is 19.4 Å². The number of hydrazine groups is 2. The number of hydrogen-bond acceptors (Lipinski definition) is 10. The molecule has 2 fully saturated rings. The zero-order valence-electron chi connectivity index (χ0n) is 15.5. The molecule has 12 heteroatoms. The van der Waals surface area contributed by atoms with Crippen molar-refractivity contribution in [3.05, 3.63) is 23.1 Å². The van der Waals surface area contributed by atoms with E-state index in [1.165, 1.54) is 23.5 Å². The van der Waals surface area contributed by atoms with Crippen LogP contribution in [0.3, 0.4) is 0 Å². The number of aliphatic imine (C=N–C) groups is 1. The molecule has 4 aliphatic rings. The molecular weight excluding hydrogens is 404 g/mol. The molecule has 4 rings (SSSR count). The molecule has 0 radical (unpaired) electrons. The number of rotatable bonds is 6. The van der Waals surface area contributed by atoms with Crippen LogP contribution in [0.1, 0.15) is 6.92 Å². The summed E-state index contributed by atoms with van der Waals surface area (Å²) < 4.78 is 5.13. The van der Waals surface area contributed by atoms with Gasteiger partial charge in [-0.1, -0.05) is 0 Å². The lowest BCUT2D eigenvalue weighted by Crippen LogP contribution is -2.72. The molecule has 0 aromatic carbocycles. The van der Waals surface area contributed by atoms with Crippen LogP contribution in [0.25, 0.3) is 0 Å². The molecule has 0 bridgehead atoms. The van der Waals surface area contributed by atoms with Crippen LogP contribution < -0.4 is 11.3 Å². The highest BCUT2D eigenvalue weighted by atomic mass is 32.2. The molecule has 2 saturated heterocycles. The number of ether oxygens (including phenoxy) is 1. The summed E-state index contributed by atoms with van der Waals surface area (Å²) in [5.74, 6) is 0.395. The fourth-order valence-corrected chi connectivity index (χ4v) is 6.31. The summed E-state index contributed by atoms with van der Waals surface area (Å²) in [7, 11) is 1.60. The Balaban J connectivity index is 1.48. The number of allylic oxidation sites excluding steroid dienone is 1. The number of β-lactam (4-membered cyclic amide) rings is 1. The van der Waals surface area contributed by atoms with Crippen molar-refractivity contribution >= 4 is 41.1 Å². The highest BCUT2D eigenvalue weighted by Gasteiger charge is 2.55. The Morgan fingerprint density at radius 1 is 1.61 bits per heavy atom. The molecule has 0 saturated carbocycles. The highest BCUT2D eigenvalue weighted by molar-refractivity contribution is 8.03. The lowest BCUT2D eigenvalue weighted by atomic mass is 9.89. The predicted molar refractivity (Wildman–Crippen MR) is 106 cm³/mol. The third kappa shape index (κ3) is 3.18. The van der Waals surface area contributed by atoms with E-state index in [0.29, 0.717) is 24.1 Å². The van der Waals surface area contributed by atoms with Gasteiger partial charge >= 0.3 is 5.97 Å². The molecule has 10 nitrogen and oxygen atoms in total. The van der Waals surface area contributed by atoms with Crippen molar-refractivity contribution in [3.8, 4) is 0 Å². The van der Waals surface area contributed by atoms with Crippen molar-refractivity contribution in [3.63, 3.8) is 0 Å². The molecule has 0 aliphatic carbocycles. The Kier molecular flexibility index (Phi) is 5.08. The van der Waals surface area contributed by atoms with Gasteiger partial charge in [-0.3, -0.25) is 14.6 Å². The minimum Gasteiger partial charge on any atom is -0.481 e. The maximum Gasteiger partial charge on any atom is 0.313 e. The summed E-state index contributed by atoms with van der Waals surface area (Å²) in [5, 5.41) is 14.2.